The average Bonchev–Trinajstić information content (AvgIpc) is 2.38. The average molecular weight is 287 g/mol. The third-order valence-corrected chi connectivity index (χ3v) is 5.72. The van der Waals surface area contributed by atoms with E-state index in [1.165, 1.54) is 38.0 Å². The quantitative estimate of drug-likeness (QED) is 0.777. The molecule has 1 aliphatic carbocycles. The van der Waals surface area contributed by atoms with Gasteiger partial charge in [0.25, 0.3) is 0 Å². The second-order valence-electron chi connectivity index (χ2n) is 6.70. The number of nitrogens with two attached hydrogens (primary N) is 1. The van der Waals surface area contributed by atoms with Crippen LogP contribution in [0.5, 0.6) is 0 Å². The van der Waals surface area contributed by atoms with Gasteiger partial charge in [0.05, 0.1) is 0 Å². The lowest BCUT2D eigenvalue weighted by Gasteiger charge is -2.39. The minimum Gasteiger partial charge on any atom is -0.327 e. The highest BCUT2D eigenvalue weighted by molar-refractivity contribution is 7.98. The van der Waals surface area contributed by atoms with Crippen molar-refractivity contribution >= 4 is 11.8 Å². The van der Waals surface area contributed by atoms with Gasteiger partial charge in [0.1, 0.15) is 0 Å². The number of nitrogens with zero attached hydrogens (tertiary/aromatic N) is 1. The van der Waals surface area contributed by atoms with Crippen LogP contribution in [0.2, 0.25) is 0 Å². The molecule has 4 unspecified atom stereocenters. The maximum absolute atomic E-state index is 6.37. The van der Waals surface area contributed by atoms with Crippen molar-refractivity contribution in [3.05, 3.63) is 0 Å². The van der Waals surface area contributed by atoms with E-state index in [-0.39, 0.29) is 0 Å². The third kappa shape index (κ3) is 5.28. The molecule has 1 saturated carbocycles. The summed E-state index contributed by atoms with van der Waals surface area (Å²) in [6.07, 6.45) is 7.34. The van der Waals surface area contributed by atoms with Crippen LogP contribution in [0.1, 0.15) is 46.5 Å². The molecule has 1 rings (SSSR count). The van der Waals surface area contributed by atoms with E-state index in [1.807, 2.05) is 11.8 Å². The Hall–Kier alpha value is 0.270. The lowest BCUT2D eigenvalue weighted by molar-refractivity contribution is 0.132. The normalized spacial score (nSPS) is 30.0. The molecule has 0 aliphatic heterocycles. The molecule has 1 aliphatic rings. The Bertz CT molecular complexity index is 245. The summed E-state index contributed by atoms with van der Waals surface area (Å²) in [6.45, 7) is 8.22. The minimum absolute atomic E-state index is 0.421. The first-order chi connectivity index (χ1) is 8.99. The van der Waals surface area contributed by atoms with E-state index in [0.29, 0.717) is 18.0 Å². The summed E-state index contributed by atoms with van der Waals surface area (Å²) < 4.78 is 0. The zero-order valence-electron chi connectivity index (χ0n) is 13.6. The Morgan fingerprint density at radius 2 is 2.00 bits per heavy atom. The fraction of sp³-hybridized carbons (Fsp3) is 1.00. The van der Waals surface area contributed by atoms with Crippen molar-refractivity contribution in [3.63, 3.8) is 0 Å². The summed E-state index contributed by atoms with van der Waals surface area (Å²) in [5.41, 5.74) is 6.37. The summed E-state index contributed by atoms with van der Waals surface area (Å²) in [5.74, 6) is 3.64. The molecule has 0 saturated heterocycles. The Morgan fingerprint density at radius 1 is 1.32 bits per heavy atom. The van der Waals surface area contributed by atoms with Crippen molar-refractivity contribution in [1.82, 2.24) is 4.90 Å². The Kier molecular flexibility index (Phi) is 7.78. The zero-order valence-corrected chi connectivity index (χ0v) is 14.4. The monoisotopic (exact) mass is 286 g/mol. The largest absolute Gasteiger partial charge is 0.327 e. The number of thioether (sulfide) groups is 1. The molecule has 1 fully saturated rings. The molecule has 0 aromatic heterocycles. The van der Waals surface area contributed by atoms with Gasteiger partial charge >= 0.3 is 0 Å². The van der Waals surface area contributed by atoms with Crippen LogP contribution in [0.25, 0.3) is 0 Å². The molecule has 4 atom stereocenters. The molecule has 19 heavy (non-hydrogen) atoms. The summed E-state index contributed by atoms with van der Waals surface area (Å²) in [5, 5.41) is 0. The first kappa shape index (κ1) is 17.3. The van der Waals surface area contributed by atoms with Gasteiger partial charge in [-0.3, -0.25) is 0 Å². The van der Waals surface area contributed by atoms with Crippen LogP contribution in [-0.2, 0) is 0 Å². The molecule has 0 bridgehead atoms. The van der Waals surface area contributed by atoms with Gasteiger partial charge < -0.3 is 10.6 Å². The van der Waals surface area contributed by atoms with E-state index in [0.717, 1.165) is 11.8 Å². The van der Waals surface area contributed by atoms with Gasteiger partial charge in [-0.1, -0.05) is 20.8 Å². The molecule has 0 radical (unpaired) electrons. The fourth-order valence-corrected chi connectivity index (χ4v) is 4.28. The van der Waals surface area contributed by atoms with Crippen molar-refractivity contribution in [2.45, 2.75) is 58.5 Å². The molecule has 0 aromatic rings. The number of hydrogen-bond donors (Lipinski definition) is 1. The lowest BCUT2D eigenvalue weighted by Crippen LogP contribution is -2.45. The molecule has 114 valence electrons. The van der Waals surface area contributed by atoms with Gasteiger partial charge in [-0.05, 0) is 56.7 Å². The Morgan fingerprint density at radius 3 is 2.53 bits per heavy atom. The van der Waals surface area contributed by atoms with E-state index < -0.39 is 0 Å². The highest BCUT2D eigenvalue weighted by Crippen LogP contribution is 2.33. The second kappa shape index (κ2) is 8.53. The third-order valence-electron chi connectivity index (χ3n) is 5.00. The Labute approximate surface area is 124 Å². The van der Waals surface area contributed by atoms with Gasteiger partial charge in [0, 0.05) is 24.4 Å². The second-order valence-corrected chi connectivity index (χ2v) is 7.61. The van der Waals surface area contributed by atoms with Crippen molar-refractivity contribution < 1.29 is 0 Å². The molecule has 0 spiro atoms. The SMILES string of the molecule is CCC(CSC)N(C)CC1CC(C(C)C)CCC1N. The van der Waals surface area contributed by atoms with Gasteiger partial charge in [-0.25, -0.2) is 0 Å². The van der Waals surface area contributed by atoms with Gasteiger partial charge in [-0.15, -0.1) is 0 Å². The van der Waals surface area contributed by atoms with Crippen LogP contribution in [0, 0.1) is 17.8 Å². The van der Waals surface area contributed by atoms with E-state index in [9.17, 15) is 0 Å². The highest BCUT2D eigenvalue weighted by Gasteiger charge is 2.31. The number of rotatable bonds is 7. The van der Waals surface area contributed by atoms with Gasteiger partial charge in [-0.2, -0.15) is 11.8 Å². The smallest absolute Gasteiger partial charge is 0.0180 e. The van der Waals surface area contributed by atoms with Crippen LogP contribution in [0.3, 0.4) is 0 Å². The predicted molar refractivity (Wildman–Crippen MR) is 88.7 cm³/mol. The van der Waals surface area contributed by atoms with Crippen LogP contribution >= 0.6 is 11.8 Å². The lowest BCUT2D eigenvalue weighted by atomic mass is 9.73. The molecule has 0 amide bonds. The molecule has 2 N–H and O–H groups in total. The van der Waals surface area contributed by atoms with Crippen LogP contribution < -0.4 is 5.73 Å². The molecule has 2 nitrogen and oxygen atoms in total. The number of hydrogen-bond acceptors (Lipinski definition) is 3. The summed E-state index contributed by atoms with van der Waals surface area (Å²) in [7, 11) is 2.29. The van der Waals surface area contributed by atoms with Gasteiger partial charge in [0.15, 0.2) is 0 Å². The highest BCUT2D eigenvalue weighted by atomic mass is 32.2. The summed E-state index contributed by atoms with van der Waals surface area (Å²) in [4.78, 5) is 2.56. The summed E-state index contributed by atoms with van der Waals surface area (Å²) >= 11 is 1.96. The van der Waals surface area contributed by atoms with Crippen LogP contribution in [-0.4, -0.2) is 42.6 Å². The molecule has 0 heterocycles. The fourth-order valence-electron chi connectivity index (χ4n) is 3.41. The molecule has 3 heteroatoms. The zero-order chi connectivity index (χ0) is 14.4. The maximum atomic E-state index is 6.37. The van der Waals surface area contributed by atoms with Crippen LogP contribution in [0.4, 0.5) is 0 Å². The predicted octanol–water partition coefficient (Wildman–Crippen LogP) is 3.46. The van der Waals surface area contributed by atoms with Gasteiger partial charge in [0.2, 0.25) is 0 Å². The first-order valence-corrected chi connectivity index (χ1v) is 9.33. The van der Waals surface area contributed by atoms with Crippen molar-refractivity contribution in [2.24, 2.45) is 23.5 Å². The van der Waals surface area contributed by atoms with E-state index in [4.69, 9.17) is 5.73 Å². The van der Waals surface area contributed by atoms with Crippen molar-refractivity contribution in [1.29, 1.82) is 0 Å². The Balaban J connectivity index is 2.52. The van der Waals surface area contributed by atoms with Crippen molar-refractivity contribution in [2.75, 3.05) is 25.6 Å². The first-order valence-electron chi connectivity index (χ1n) is 7.94. The summed E-state index contributed by atoms with van der Waals surface area (Å²) in [6, 6.07) is 1.13. The van der Waals surface area contributed by atoms with E-state index in [1.54, 1.807) is 0 Å². The van der Waals surface area contributed by atoms with Crippen LogP contribution in [0.15, 0.2) is 0 Å². The standard InChI is InChI=1S/C16H34N2S/c1-6-15(11-19-5)18(4)10-14-9-13(12(2)3)7-8-16(14)17/h12-16H,6-11,17H2,1-5H3. The van der Waals surface area contributed by atoms with Crippen molar-refractivity contribution in [3.8, 4) is 0 Å². The molecular weight excluding hydrogens is 252 g/mol. The van der Waals surface area contributed by atoms with E-state index in [2.05, 4.69) is 39.0 Å². The molecular formula is C16H34N2S. The maximum Gasteiger partial charge on any atom is 0.0180 e. The topological polar surface area (TPSA) is 29.3 Å². The minimum atomic E-state index is 0.421. The molecule has 0 aromatic carbocycles. The van der Waals surface area contributed by atoms with E-state index >= 15 is 0 Å².